The van der Waals surface area contributed by atoms with Crippen LogP contribution < -0.4 is 15.4 Å². The summed E-state index contributed by atoms with van der Waals surface area (Å²) in [7, 11) is 1.61. The molecule has 5 nitrogen and oxygen atoms in total. The highest BCUT2D eigenvalue weighted by Gasteiger charge is 2.12. The zero-order valence-electron chi connectivity index (χ0n) is 15.5. The first-order chi connectivity index (χ1) is 12.5. The van der Waals surface area contributed by atoms with E-state index < -0.39 is 0 Å². The Morgan fingerprint density at radius 2 is 1.73 bits per heavy atom. The summed E-state index contributed by atoms with van der Waals surface area (Å²) in [5.74, 6) is 0.865. The van der Waals surface area contributed by atoms with Crippen molar-refractivity contribution in [1.29, 1.82) is 0 Å². The summed E-state index contributed by atoms with van der Waals surface area (Å²) in [6.07, 6.45) is 1.25. The molecule has 0 spiro atoms. The number of carbonyl (C=O) groups excluding carboxylic acids is 2. The van der Waals surface area contributed by atoms with Gasteiger partial charge in [0.05, 0.1) is 18.6 Å². The minimum absolute atomic E-state index is 0.0470. The molecular formula is C21H26N2O3. The van der Waals surface area contributed by atoms with E-state index in [-0.39, 0.29) is 11.8 Å². The molecule has 2 amide bonds. The van der Waals surface area contributed by atoms with Crippen LogP contribution in [-0.4, -0.2) is 25.5 Å². The van der Waals surface area contributed by atoms with Crippen LogP contribution in [0.4, 0.5) is 5.69 Å². The number of benzene rings is 2. The molecule has 0 aromatic heterocycles. The smallest absolute Gasteiger partial charge is 0.259 e. The first-order valence-corrected chi connectivity index (χ1v) is 8.82. The molecule has 2 aromatic rings. The summed E-state index contributed by atoms with van der Waals surface area (Å²) in [6, 6.07) is 14.5. The summed E-state index contributed by atoms with van der Waals surface area (Å²) in [4.78, 5) is 24.0. The second kappa shape index (κ2) is 9.61. The fourth-order valence-electron chi connectivity index (χ4n) is 2.36. The van der Waals surface area contributed by atoms with Gasteiger partial charge in [-0.1, -0.05) is 38.1 Å². The normalized spacial score (nSPS) is 10.5. The molecule has 2 rings (SSSR count). The summed E-state index contributed by atoms with van der Waals surface area (Å²) in [5, 5.41) is 5.46. The second-order valence-electron chi connectivity index (χ2n) is 6.53. The van der Waals surface area contributed by atoms with Crippen LogP contribution in [0.15, 0.2) is 48.5 Å². The topological polar surface area (TPSA) is 67.4 Å². The van der Waals surface area contributed by atoms with Crippen molar-refractivity contribution in [1.82, 2.24) is 5.32 Å². The third kappa shape index (κ3) is 5.92. The molecule has 2 aromatic carbocycles. The minimum Gasteiger partial charge on any atom is -0.493 e. The Balaban J connectivity index is 2.02. The minimum atomic E-state index is -0.218. The predicted octanol–water partition coefficient (Wildman–Crippen LogP) is 3.65. The molecule has 2 N–H and O–H groups in total. The van der Waals surface area contributed by atoms with Crippen molar-refractivity contribution in [2.24, 2.45) is 5.92 Å². The van der Waals surface area contributed by atoms with Crippen molar-refractivity contribution in [3.05, 3.63) is 59.7 Å². The average molecular weight is 354 g/mol. The average Bonchev–Trinajstić information content (AvgIpc) is 2.63. The van der Waals surface area contributed by atoms with Gasteiger partial charge in [-0.25, -0.2) is 0 Å². The van der Waals surface area contributed by atoms with Crippen LogP contribution in [0.3, 0.4) is 0 Å². The highest BCUT2D eigenvalue weighted by molar-refractivity contribution is 6.06. The monoisotopic (exact) mass is 354 g/mol. The van der Waals surface area contributed by atoms with Crippen molar-refractivity contribution in [2.75, 3.05) is 19.0 Å². The van der Waals surface area contributed by atoms with E-state index in [1.165, 1.54) is 0 Å². The number of likely N-dealkylation sites (N-methyl/N-ethyl adjacent to an activating group) is 1. The van der Waals surface area contributed by atoms with Crippen LogP contribution in [0.1, 0.15) is 36.2 Å². The van der Waals surface area contributed by atoms with E-state index >= 15 is 0 Å². The number of ether oxygens (including phenoxy) is 1. The van der Waals surface area contributed by atoms with Gasteiger partial charge in [-0.05, 0) is 42.2 Å². The molecule has 0 aliphatic heterocycles. The Hall–Kier alpha value is -2.82. The maximum absolute atomic E-state index is 12.6. The number of rotatable bonds is 8. The number of hydrogen-bond acceptors (Lipinski definition) is 3. The van der Waals surface area contributed by atoms with Crippen molar-refractivity contribution >= 4 is 17.5 Å². The first-order valence-electron chi connectivity index (χ1n) is 8.82. The number of amides is 2. The number of anilines is 1. The van der Waals surface area contributed by atoms with Gasteiger partial charge in [0, 0.05) is 12.7 Å². The summed E-state index contributed by atoms with van der Waals surface area (Å²) in [6.45, 7) is 4.85. The molecule has 0 heterocycles. The molecule has 26 heavy (non-hydrogen) atoms. The zero-order valence-corrected chi connectivity index (χ0v) is 15.5. The first kappa shape index (κ1) is 19.5. The van der Waals surface area contributed by atoms with Crippen LogP contribution in [-0.2, 0) is 11.2 Å². The Kier molecular flexibility index (Phi) is 7.21. The maximum atomic E-state index is 12.6. The van der Waals surface area contributed by atoms with E-state index in [1.807, 2.05) is 30.3 Å². The molecule has 0 saturated carbocycles. The molecule has 0 radical (unpaired) electrons. The fraction of sp³-hybridized carbons (Fsp3) is 0.333. The SMILES string of the molecule is CNC(=O)Cc1ccc(NC(=O)c2ccccc2OCCC(C)C)cc1. The number of para-hydroxylation sites is 1. The third-order valence-electron chi connectivity index (χ3n) is 3.94. The maximum Gasteiger partial charge on any atom is 0.259 e. The van der Waals surface area contributed by atoms with E-state index in [0.29, 0.717) is 35.9 Å². The molecular weight excluding hydrogens is 328 g/mol. The fourth-order valence-corrected chi connectivity index (χ4v) is 2.36. The molecule has 0 fully saturated rings. The standard InChI is InChI=1S/C21H26N2O3/c1-15(2)12-13-26-19-7-5-4-6-18(19)21(25)23-17-10-8-16(9-11-17)14-20(24)22-3/h4-11,15H,12-14H2,1-3H3,(H,22,24)(H,23,25). The van der Waals surface area contributed by atoms with E-state index in [2.05, 4.69) is 24.5 Å². The van der Waals surface area contributed by atoms with Crippen LogP contribution in [0.25, 0.3) is 0 Å². The van der Waals surface area contributed by atoms with Crippen LogP contribution in [0.2, 0.25) is 0 Å². The highest BCUT2D eigenvalue weighted by Crippen LogP contribution is 2.20. The van der Waals surface area contributed by atoms with Gasteiger partial charge in [-0.15, -0.1) is 0 Å². The van der Waals surface area contributed by atoms with Crippen molar-refractivity contribution in [2.45, 2.75) is 26.7 Å². The number of hydrogen-bond donors (Lipinski definition) is 2. The van der Waals surface area contributed by atoms with Crippen molar-refractivity contribution < 1.29 is 14.3 Å². The molecule has 0 bridgehead atoms. The van der Waals surface area contributed by atoms with Gasteiger partial charge in [-0.2, -0.15) is 0 Å². The Labute approximate surface area is 154 Å². The van der Waals surface area contributed by atoms with E-state index in [0.717, 1.165) is 12.0 Å². The largest absolute Gasteiger partial charge is 0.493 e. The summed E-state index contributed by atoms with van der Waals surface area (Å²) in [5.41, 5.74) is 2.07. The lowest BCUT2D eigenvalue weighted by atomic mass is 10.1. The van der Waals surface area contributed by atoms with Gasteiger partial charge >= 0.3 is 0 Å². The van der Waals surface area contributed by atoms with E-state index in [4.69, 9.17) is 4.74 Å². The van der Waals surface area contributed by atoms with Gasteiger partial charge in [0.2, 0.25) is 5.91 Å². The van der Waals surface area contributed by atoms with Crippen molar-refractivity contribution in [3.63, 3.8) is 0 Å². The number of nitrogens with one attached hydrogen (secondary N) is 2. The molecule has 0 atom stereocenters. The third-order valence-corrected chi connectivity index (χ3v) is 3.94. The van der Waals surface area contributed by atoms with Crippen molar-refractivity contribution in [3.8, 4) is 5.75 Å². The lowest BCUT2D eigenvalue weighted by Crippen LogP contribution is -2.19. The molecule has 0 aliphatic carbocycles. The number of carbonyl (C=O) groups is 2. The Morgan fingerprint density at radius 3 is 2.38 bits per heavy atom. The predicted molar refractivity (Wildman–Crippen MR) is 104 cm³/mol. The lowest BCUT2D eigenvalue weighted by Gasteiger charge is -2.13. The molecule has 0 aliphatic rings. The highest BCUT2D eigenvalue weighted by atomic mass is 16.5. The van der Waals surface area contributed by atoms with E-state index in [9.17, 15) is 9.59 Å². The Morgan fingerprint density at radius 1 is 1.04 bits per heavy atom. The molecule has 0 unspecified atom stereocenters. The van der Waals surface area contributed by atoms with Gasteiger partial charge in [0.1, 0.15) is 5.75 Å². The quantitative estimate of drug-likeness (QED) is 0.760. The second-order valence-corrected chi connectivity index (χ2v) is 6.53. The van der Waals surface area contributed by atoms with Crippen LogP contribution >= 0.6 is 0 Å². The summed E-state index contributed by atoms with van der Waals surface area (Å²) < 4.78 is 5.78. The van der Waals surface area contributed by atoms with Crippen LogP contribution in [0, 0.1) is 5.92 Å². The molecule has 138 valence electrons. The lowest BCUT2D eigenvalue weighted by molar-refractivity contribution is -0.119. The molecule has 5 heteroatoms. The van der Waals surface area contributed by atoms with Gasteiger partial charge < -0.3 is 15.4 Å². The van der Waals surface area contributed by atoms with E-state index in [1.54, 1.807) is 25.2 Å². The van der Waals surface area contributed by atoms with Crippen LogP contribution in [0.5, 0.6) is 5.75 Å². The summed E-state index contributed by atoms with van der Waals surface area (Å²) >= 11 is 0. The Bertz CT molecular complexity index is 739. The van der Waals surface area contributed by atoms with Gasteiger partial charge in [-0.3, -0.25) is 9.59 Å². The van der Waals surface area contributed by atoms with Gasteiger partial charge in [0.25, 0.3) is 5.91 Å². The zero-order chi connectivity index (χ0) is 18.9. The van der Waals surface area contributed by atoms with Gasteiger partial charge in [0.15, 0.2) is 0 Å². The molecule has 0 saturated heterocycles.